The van der Waals surface area contributed by atoms with Gasteiger partial charge in [-0.05, 0) is 36.2 Å². The van der Waals surface area contributed by atoms with Crippen molar-refractivity contribution in [2.24, 2.45) is 5.73 Å². The Labute approximate surface area is 150 Å². The fraction of sp³-hybridized carbons (Fsp3) is 0.222. The van der Waals surface area contributed by atoms with Crippen molar-refractivity contribution in [3.63, 3.8) is 0 Å². The molecule has 0 fully saturated rings. The molecule has 0 radical (unpaired) electrons. The fourth-order valence-corrected chi connectivity index (χ4v) is 2.22. The minimum Gasteiger partial charge on any atom is -0.352 e. The van der Waals surface area contributed by atoms with Crippen LogP contribution in [-0.2, 0) is 6.54 Å². The summed E-state index contributed by atoms with van der Waals surface area (Å²) < 4.78 is 0. The number of amides is 2. The van der Waals surface area contributed by atoms with Crippen LogP contribution < -0.4 is 16.4 Å². The van der Waals surface area contributed by atoms with Crippen molar-refractivity contribution >= 4 is 17.5 Å². The third-order valence-electron chi connectivity index (χ3n) is 3.72. The number of hydrogen-bond acceptors (Lipinski definition) is 5. The molecule has 0 atom stereocenters. The van der Waals surface area contributed by atoms with Crippen LogP contribution in [-0.4, -0.2) is 29.8 Å². The SMILES string of the molecule is NCc1ccc(C(=O)NCCCNC(=O)c2ccc([N+](=O)[O-])cc2)cc1. The van der Waals surface area contributed by atoms with Gasteiger partial charge in [-0.3, -0.25) is 19.7 Å². The summed E-state index contributed by atoms with van der Waals surface area (Å²) in [6.45, 7) is 1.22. The van der Waals surface area contributed by atoms with Gasteiger partial charge in [-0.2, -0.15) is 0 Å². The Hall–Kier alpha value is -3.26. The third kappa shape index (κ3) is 5.38. The molecule has 136 valence electrons. The quantitative estimate of drug-likeness (QED) is 0.376. The highest BCUT2D eigenvalue weighted by atomic mass is 16.6. The summed E-state index contributed by atoms with van der Waals surface area (Å²) in [4.78, 5) is 34.0. The van der Waals surface area contributed by atoms with Gasteiger partial charge in [0.25, 0.3) is 17.5 Å². The molecule has 2 aromatic carbocycles. The van der Waals surface area contributed by atoms with E-state index in [2.05, 4.69) is 10.6 Å². The zero-order valence-electron chi connectivity index (χ0n) is 14.1. The molecule has 0 aliphatic rings. The minimum atomic E-state index is -0.520. The molecule has 8 nitrogen and oxygen atoms in total. The third-order valence-corrected chi connectivity index (χ3v) is 3.72. The summed E-state index contributed by atoms with van der Waals surface area (Å²) >= 11 is 0. The van der Waals surface area contributed by atoms with Gasteiger partial charge in [0, 0.05) is 42.9 Å². The van der Waals surface area contributed by atoms with E-state index < -0.39 is 4.92 Å². The molecule has 2 aromatic rings. The van der Waals surface area contributed by atoms with Gasteiger partial charge in [0.15, 0.2) is 0 Å². The summed E-state index contributed by atoms with van der Waals surface area (Å²) in [5.41, 5.74) is 7.30. The summed E-state index contributed by atoms with van der Waals surface area (Å²) in [6.07, 6.45) is 0.561. The highest BCUT2D eigenvalue weighted by molar-refractivity contribution is 5.94. The number of nitro benzene ring substituents is 1. The first kappa shape index (κ1) is 19.1. The Bertz CT molecular complexity index is 773. The lowest BCUT2D eigenvalue weighted by molar-refractivity contribution is -0.384. The number of hydrogen-bond donors (Lipinski definition) is 3. The number of nitrogens with two attached hydrogens (primary N) is 1. The monoisotopic (exact) mass is 356 g/mol. The van der Waals surface area contributed by atoms with E-state index in [-0.39, 0.29) is 17.5 Å². The molecule has 0 aliphatic carbocycles. The molecule has 0 aromatic heterocycles. The Kier molecular flexibility index (Phi) is 6.81. The maximum atomic E-state index is 12.0. The molecule has 2 rings (SSSR count). The average Bonchev–Trinajstić information content (AvgIpc) is 2.67. The lowest BCUT2D eigenvalue weighted by Crippen LogP contribution is -2.29. The second kappa shape index (κ2) is 9.28. The number of carbonyl (C=O) groups excluding carboxylic acids is 2. The number of nitrogens with zero attached hydrogens (tertiary/aromatic N) is 1. The van der Waals surface area contributed by atoms with Crippen LogP contribution in [0.3, 0.4) is 0 Å². The van der Waals surface area contributed by atoms with E-state index in [1.807, 2.05) is 0 Å². The molecule has 0 heterocycles. The molecular weight excluding hydrogens is 336 g/mol. The van der Waals surface area contributed by atoms with E-state index in [4.69, 9.17) is 5.73 Å². The summed E-state index contributed by atoms with van der Waals surface area (Å²) in [7, 11) is 0. The van der Waals surface area contributed by atoms with Gasteiger partial charge in [-0.1, -0.05) is 12.1 Å². The number of benzene rings is 2. The minimum absolute atomic E-state index is 0.0660. The van der Waals surface area contributed by atoms with E-state index in [0.29, 0.717) is 37.2 Å². The van der Waals surface area contributed by atoms with Crippen molar-refractivity contribution in [1.29, 1.82) is 0 Å². The van der Waals surface area contributed by atoms with Crippen molar-refractivity contribution in [3.8, 4) is 0 Å². The number of nitro groups is 1. The van der Waals surface area contributed by atoms with Gasteiger partial charge in [-0.15, -0.1) is 0 Å². The Morgan fingerprint density at radius 1 is 0.885 bits per heavy atom. The molecule has 0 bridgehead atoms. The Balaban J connectivity index is 1.70. The van der Waals surface area contributed by atoms with Crippen LogP contribution in [0.15, 0.2) is 48.5 Å². The van der Waals surface area contributed by atoms with Gasteiger partial charge in [0.2, 0.25) is 0 Å². The molecule has 8 heteroatoms. The van der Waals surface area contributed by atoms with Gasteiger partial charge in [0.05, 0.1) is 4.92 Å². The van der Waals surface area contributed by atoms with Gasteiger partial charge in [0.1, 0.15) is 0 Å². The van der Waals surface area contributed by atoms with Crippen molar-refractivity contribution in [1.82, 2.24) is 10.6 Å². The largest absolute Gasteiger partial charge is 0.352 e. The summed E-state index contributed by atoms with van der Waals surface area (Å²) in [5.74, 6) is -0.501. The molecule has 26 heavy (non-hydrogen) atoms. The van der Waals surface area contributed by atoms with Crippen LogP contribution in [0.25, 0.3) is 0 Å². The van der Waals surface area contributed by atoms with Crippen LogP contribution >= 0.6 is 0 Å². The Morgan fingerprint density at radius 2 is 1.35 bits per heavy atom. The summed E-state index contributed by atoms with van der Waals surface area (Å²) in [5, 5.41) is 16.1. The molecule has 0 saturated heterocycles. The van der Waals surface area contributed by atoms with Gasteiger partial charge in [-0.25, -0.2) is 0 Å². The van der Waals surface area contributed by atoms with E-state index in [0.717, 1.165) is 5.56 Å². The topological polar surface area (TPSA) is 127 Å². The second-order valence-electron chi connectivity index (χ2n) is 5.57. The van der Waals surface area contributed by atoms with E-state index in [1.165, 1.54) is 24.3 Å². The maximum absolute atomic E-state index is 12.0. The van der Waals surface area contributed by atoms with Crippen LogP contribution in [0.4, 0.5) is 5.69 Å². The number of nitrogens with one attached hydrogen (secondary N) is 2. The standard InChI is InChI=1S/C18H20N4O4/c19-12-13-2-4-14(5-3-13)17(23)20-10-1-11-21-18(24)15-6-8-16(9-7-15)22(25)26/h2-9H,1,10-12,19H2,(H,20,23)(H,21,24). The maximum Gasteiger partial charge on any atom is 0.269 e. The molecular formula is C18H20N4O4. The van der Waals surface area contributed by atoms with Crippen LogP contribution in [0.5, 0.6) is 0 Å². The predicted octanol–water partition coefficient (Wildman–Crippen LogP) is 1.60. The Morgan fingerprint density at radius 3 is 1.77 bits per heavy atom. The van der Waals surface area contributed by atoms with Crippen molar-refractivity contribution in [2.75, 3.05) is 13.1 Å². The summed E-state index contributed by atoms with van der Waals surface area (Å²) in [6, 6.07) is 12.4. The van der Waals surface area contributed by atoms with Crippen LogP contribution in [0.2, 0.25) is 0 Å². The lowest BCUT2D eigenvalue weighted by Gasteiger charge is -2.07. The van der Waals surface area contributed by atoms with Gasteiger partial charge < -0.3 is 16.4 Å². The zero-order valence-corrected chi connectivity index (χ0v) is 14.1. The number of non-ortho nitro benzene ring substituents is 1. The fourth-order valence-electron chi connectivity index (χ4n) is 2.22. The van der Waals surface area contributed by atoms with E-state index >= 15 is 0 Å². The van der Waals surface area contributed by atoms with Crippen molar-refractivity contribution in [2.45, 2.75) is 13.0 Å². The molecule has 2 amide bonds. The van der Waals surface area contributed by atoms with Crippen LogP contribution in [0, 0.1) is 10.1 Å². The second-order valence-corrected chi connectivity index (χ2v) is 5.57. The first-order valence-corrected chi connectivity index (χ1v) is 8.11. The van der Waals surface area contributed by atoms with E-state index in [1.54, 1.807) is 24.3 Å². The van der Waals surface area contributed by atoms with Gasteiger partial charge >= 0.3 is 0 Å². The average molecular weight is 356 g/mol. The normalized spacial score (nSPS) is 10.2. The highest BCUT2D eigenvalue weighted by Gasteiger charge is 2.09. The smallest absolute Gasteiger partial charge is 0.269 e. The highest BCUT2D eigenvalue weighted by Crippen LogP contribution is 2.11. The number of rotatable bonds is 8. The molecule has 0 aliphatic heterocycles. The molecule has 0 unspecified atom stereocenters. The predicted molar refractivity (Wildman–Crippen MR) is 96.7 cm³/mol. The first-order chi connectivity index (χ1) is 12.5. The lowest BCUT2D eigenvalue weighted by atomic mass is 10.1. The molecule has 0 spiro atoms. The zero-order chi connectivity index (χ0) is 18.9. The van der Waals surface area contributed by atoms with E-state index in [9.17, 15) is 19.7 Å². The first-order valence-electron chi connectivity index (χ1n) is 8.11. The van der Waals surface area contributed by atoms with Crippen molar-refractivity contribution in [3.05, 3.63) is 75.3 Å². The van der Waals surface area contributed by atoms with Crippen LogP contribution in [0.1, 0.15) is 32.7 Å². The van der Waals surface area contributed by atoms with Crippen molar-refractivity contribution < 1.29 is 14.5 Å². The number of carbonyl (C=O) groups is 2. The molecule has 4 N–H and O–H groups in total. The molecule has 0 saturated carbocycles.